The summed E-state index contributed by atoms with van der Waals surface area (Å²) in [5, 5.41) is 3.34. The van der Waals surface area contributed by atoms with E-state index in [0.717, 1.165) is 23.2 Å². The standard InChI is InChI=1S/C26H23FN2O3S/c1-3-17-7-10-21(11-8-17)28-26-29-25(30)24(33-26)15-18-9-12-22(23(14-18)31-2)32-16-19-5-4-6-20(27)13-19/h4-15H,3,16H2,1-2H3,(H,28,29,30)/b24-15-. The molecule has 1 fully saturated rings. The summed E-state index contributed by atoms with van der Waals surface area (Å²) in [6.45, 7) is 2.31. The summed E-state index contributed by atoms with van der Waals surface area (Å²) in [4.78, 5) is 17.5. The number of halogens is 1. The maximum atomic E-state index is 13.4. The molecule has 0 radical (unpaired) electrons. The number of rotatable bonds is 7. The molecule has 1 amide bonds. The van der Waals surface area contributed by atoms with Gasteiger partial charge in [-0.15, -0.1) is 0 Å². The topological polar surface area (TPSA) is 59.9 Å². The van der Waals surface area contributed by atoms with E-state index < -0.39 is 0 Å². The van der Waals surface area contributed by atoms with Crippen molar-refractivity contribution in [1.29, 1.82) is 0 Å². The van der Waals surface area contributed by atoms with Crippen molar-refractivity contribution in [2.75, 3.05) is 7.11 Å². The van der Waals surface area contributed by atoms with E-state index in [4.69, 9.17) is 9.47 Å². The second-order valence-electron chi connectivity index (χ2n) is 7.33. The lowest BCUT2D eigenvalue weighted by molar-refractivity contribution is -0.115. The van der Waals surface area contributed by atoms with Crippen LogP contribution in [0.5, 0.6) is 11.5 Å². The number of carbonyl (C=O) groups excluding carboxylic acids is 1. The predicted molar refractivity (Wildman–Crippen MR) is 130 cm³/mol. The first-order valence-corrected chi connectivity index (χ1v) is 11.3. The third-order valence-corrected chi connectivity index (χ3v) is 5.90. The molecule has 0 spiro atoms. The molecule has 0 aliphatic carbocycles. The normalized spacial score (nSPS) is 15.7. The summed E-state index contributed by atoms with van der Waals surface area (Å²) >= 11 is 1.29. The first-order valence-electron chi connectivity index (χ1n) is 10.5. The maximum absolute atomic E-state index is 13.4. The van der Waals surface area contributed by atoms with E-state index in [1.165, 1.54) is 29.5 Å². The molecule has 3 aromatic carbocycles. The average Bonchev–Trinajstić information content (AvgIpc) is 3.16. The SMILES string of the molecule is CCc1ccc(N=C2NC(=O)/C(=C/c3ccc(OCc4cccc(F)c4)c(OC)c3)S2)cc1. The minimum Gasteiger partial charge on any atom is -0.493 e. The molecule has 3 aromatic rings. The highest BCUT2D eigenvalue weighted by Crippen LogP contribution is 2.32. The second kappa shape index (κ2) is 10.4. The van der Waals surface area contributed by atoms with Crippen molar-refractivity contribution in [2.24, 2.45) is 4.99 Å². The zero-order valence-electron chi connectivity index (χ0n) is 18.3. The monoisotopic (exact) mass is 462 g/mol. The number of carbonyl (C=O) groups is 1. The molecule has 168 valence electrons. The van der Waals surface area contributed by atoms with E-state index in [0.29, 0.717) is 21.6 Å². The summed E-state index contributed by atoms with van der Waals surface area (Å²) in [6, 6.07) is 19.6. The van der Waals surface area contributed by atoms with Gasteiger partial charge in [-0.3, -0.25) is 4.79 Å². The smallest absolute Gasteiger partial charge is 0.264 e. The van der Waals surface area contributed by atoms with E-state index in [-0.39, 0.29) is 18.3 Å². The third-order valence-electron chi connectivity index (χ3n) is 4.99. The first-order chi connectivity index (χ1) is 16.0. The molecule has 1 heterocycles. The Balaban J connectivity index is 1.47. The average molecular weight is 463 g/mol. The van der Waals surface area contributed by atoms with Gasteiger partial charge >= 0.3 is 0 Å². The highest BCUT2D eigenvalue weighted by Gasteiger charge is 2.24. The zero-order valence-corrected chi connectivity index (χ0v) is 19.1. The minimum atomic E-state index is -0.307. The molecule has 5 nitrogen and oxygen atoms in total. The summed E-state index contributed by atoms with van der Waals surface area (Å²) in [7, 11) is 1.55. The Kier molecular flexibility index (Phi) is 7.10. The van der Waals surface area contributed by atoms with Crippen molar-refractivity contribution < 1.29 is 18.7 Å². The molecule has 0 saturated carbocycles. The lowest BCUT2D eigenvalue weighted by atomic mass is 10.1. The Labute approximate surface area is 196 Å². The van der Waals surface area contributed by atoms with Crippen molar-refractivity contribution in [3.63, 3.8) is 0 Å². The molecule has 0 unspecified atom stereocenters. The van der Waals surface area contributed by atoms with Crippen LogP contribution in [-0.4, -0.2) is 18.2 Å². The number of nitrogens with one attached hydrogen (secondary N) is 1. The van der Waals surface area contributed by atoms with Crippen LogP contribution in [0.15, 0.2) is 76.6 Å². The number of nitrogens with zero attached hydrogens (tertiary/aromatic N) is 1. The number of hydrogen-bond donors (Lipinski definition) is 1. The predicted octanol–water partition coefficient (Wildman–Crippen LogP) is 5.87. The van der Waals surface area contributed by atoms with E-state index in [1.807, 2.05) is 30.3 Å². The van der Waals surface area contributed by atoms with Gasteiger partial charge < -0.3 is 14.8 Å². The maximum Gasteiger partial charge on any atom is 0.264 e. The Bertz CT molecular complexity index is 1220. The van der Waals surface area contributed by atoms with Gasteiger partial charge in [-0.2, -0.15) is 0 Å². The highest BCUT2D eigenvalue weighted by molar-refractivity contribution is 8.18. The van der Waals surface area contributed by atoms with E-state index in [2.05, 4.69) is 17.2 Å². The number of methoxy groups -OCH3 is 1. The summed E-state index contributed by atoms with van der Waals surface area (Å²) in [5.74, 6) is 0.548. The van der Waals surface area contributed by atoms with Gasteiger partial charge in [0.25, 0.3) is 5.91 Å². The number of thioether (sulfide) groups is 1. The number of ether oxygens (including phenoxy) is 2. The number of amidine groups is 1. The van der Waals surface area contributed by atoms with Crippen LogP contribution in [0.25, 0.3) is 6.08 Å². The molecule has 0 bridgehead atoms. The largest absolute Gasteiger partial charge is 0.493 e. The van der Waals surface area contributed by atoms with Gasteiger partial charge in [0.1, 0.15) is 12.4 Å². The van der Waals surface area contributed by atoms with E-state index in [9.17, 15) is 9.18 Å². The van der Waals surface area contributed by atoms with Gasteiger partial charge in [0, 0.05) is 0 Å². The molecule has 33 heavy (non-hydrogen) atoms. The minimum absolute atomic E-state index is 0.200. The third kappa shape index (κ3) is 5.81. The van der Waals surface area contributed by atoms with Crippen LogP contribution >= 0.6 is 11.8 Å². The fourth-order valence-electron chi connectivity index (χ4n) is 3.24. The van der Waals surface area contributed by atoms with Gasteiger partial charge in [-0.25, -0.2) is 9.38 Å². The van der Waals surface area contributed by atoms with Gasteiger partial charge in [0.2, 0.25) is 0 Å². The van der Waals surface area contributed by atoms with Crippen LogP contribution in [0.1, 0.15) is 23.6 Å². The zero-order chi connectivity index (χ0) is 23.2. The second-order valence-corrected chi connectivity index (χ2v) is 8.36. The molecule has 0 aromatic heterocycles. The molecular formula is C26H23FN2O3S. The lowest BCUT2D eigenvalue weighted by Crippen LogP contribution is -2.19. The number of amides is 1. The van der Waals surface area contributed by atoms with E-state index in [1.54, 1.807) is 37.5 Å². The van der Waals surface area contributed by atoms with Gasteiger partial charge in [-0.1, -0.05) is 37.3 Å². The van der Waals surface area contributed by atoms with Crippen molar-refractivity contribution in [1.82, 2.24) is 5.32 Å². The molecule has 1 aliphatic rings. The quantitative estimate of drug-likeness (QED) is 0.446. The lowest BCUT2D eigenvalue weighted by Gasteiger charge is -2.11. The van der Waals surface area contributed by atoms with E-state index >= 15 is 0 Å². The Morgan fingerprint density at radius 3 is 2.58 bits per heavy atom. The number of benzene rings is 3. The Hall–Kier alpha value is -3.58. The molecule has 7 heteroatoms. The van der Waals surface area contributed by atoms with Crippen molar-refractivity contribution in [3.05, 3.63) is 94.1 Å². The van der Waals surface area contributed by atoms with Crippen LogP contribution in [-0.2, 0) is 17.8 Å². The van der Waals surface area contributed by atoms with Crippen molar-refractivity contribution in [2.45, 2.75) is 20.0 Å². The number of aliphatic imine (C=N–C) groups is 1. The van der Waals surface area contributed by atoms with Crippen LogP contribution in [0.4, 0.5) is 10.1 Å². The fraction of sp³-hybridized carbons (Fsp3) is 0.154. The molecular weight excluding hydrogens is 439 g/mol. The summed E-state index contributed by atoms with van der Waals surface area (Å²) in [5.41, 5.74) is 3.53. The number of hydrogen-bond acceptors (Lipinski definition) is 5. The van der Waals surface area contributed by atoms with Crippen molar-refractivity contribution in [3.8, 4) is 11.5 Å². The van der Waals surface area contributed by atoms with Crippen LogP contribution < -0.4 is 14.8 Å². The first kappa shape index (κ1) is 22.6. The Morgan fingerprint density at radius 2 is 1.85 bits per heavy atom. The molecule has 1 aliphatic heterocycles. The van der Waals surface area contributed by atoms with Gasteiger partial charge in [0.15, 0.2) is 16.7 Å². The number of aryl methyl sites for hydroxylation is 1. The van der Waals surface area contributed by atoms with Crippen LogP contribution in [0.2, 0.25) is 0 Å². The van der Waals surface area contributed by atoms with Crippen LogP contribution in [0.3, 0.4) is 0 Å². The van der Waals surface area contributed by atoms with Gasteiger partial charge in [0.05, 0.1) is 17.7 Å². The summed E-state index contributed by atoms with van der Waals surface area (Å²) in [6.07, 6.45) is 2.74. The highest BCUT2D eigenvalue weighted by atomic mass is 32.2. The molecule has 4 rings (SSSR count). The Morgan fingerprint density at radius 1 is 1.03 bits per heavy atom. The molecule has 0 atom stereocenters. The molecule has 1 saturated heterocycles. The summed E-state index contributed by atoms with van der Waals surface area (Å²) < 4.78 is 24.6. The van der Waals surface area contributed by atoms with Gasteiger partial charge in [-0.05, 0) is 77.3 Å². The van der Waals surface area contributed by atoms with Crippen molar-refractivity contribution >= 4 is 34.6 Å². The van der Waals surface area contributed by atoms with Crippen LogP contribution in [0, 0.1) is 5.82 Å². The fourth-order valence-corrected chi connectivity index (χ4v) is 4.08. The molecule has 1 N–H and O–H groups in total.